The van der Waals surface area contributed by atoms with Gasteiger partial charge in [-0.2, -0.15) is 0 Å². The van der Waals surface area contributed by atoms with Crippen molar-refractivity contribution in [3.63, 3.8) is 0 Å². The molecule has 0 aliphatic rings. The molecule has 1 aromatic heterocycles. The number of ketones is 1. The number of phenolic OH excluding ortho intramolecular Hbond substituents is 1. The van der Waals surface area contributed by atoms with Crippen LogP contribution in [0.2, 0.25) is 0 Å². The molecular formula is C19H22BrNO3. The van der Waals surface area contributed by atoms with Crippen molar-refractivity contribution in [1.82, 2.24) is 4.98 Å². The zero-order chi connectivity index (χ0) is 17.9. The first-order valence-electron chi connectivity index (χ1n) is 7.75. The fourth-order valence-corrected chi connectivity index (χ4v) is 2.75. The molecule has 1 N–H and O–H groups in total. The minimum atomic E-state index is -0.506. The summed E-state index contributed by atoms with van der Waals surface area (Å²) in [6.45, 7) is 7.52. The van der Waals surface area contributed by atoms with Crippen LogP contribution in [0.4, 0.5) is 0 Å². The van der Waals surface area contributed by atoms with Gasteiger partial charge in [0.1, 0.15) is 23.9 Å². The van der Waals surface area contributed by atoms with Crippen molar-refractivity contribution in [2.45, 2.75) is 40.7 Å². The number of pyridine rings is 1. The number of aromatic hydroxyl groups is 1. The summed E-state index contributed by atoms with van der Waals surface area (Å²) in [5.41, 5.74) is 1.86. The predicted octanol–water partition coefficient (Wildman–Crippen LogP) is 4.59. The SMILES string of the molecule is CC(=O)C(C)(C)Cc1ccc(OCc2cncc(Br)c2)c(C)c1O. The third-order valence-corrected chi connectivity index (χ3v) is 4.64. The van der Waals surface area contributed by atoms with Crippen molar-refractivity contribution in [2.24, 2.45) is 5.41 Å². The molecule has 0 radical (unpaired) electrons. The average molecular weight is 392 g/mol. The fourth-order valence-electron chi connectivity index (χ4n) is 2.33. The van der Waals surface area contributed by atoms with Gasteiger partial charge in [0.15, 0.2) is 0 Å². The molecule has 0 aliphatic carbocycles. The van der Waals surface area contributed by atoms with Crippen LogP contribution in [0.25, 0.3) is 0 Å². The second-order valence-electron chi connectivity index (χ2n) is 6.61. The van der Waals surface area contributed by atoms with Crippen LogP contribution in [0.15, 0.2) is 35.1 Å². The summed E-state index contributed by atoms with van der Waals surface area (Å²) >= 11 is 3.38. The molecule has 1 heterocycles. The molecule has 128 valence electrons. The number of benzene rings is 1. The Morgan fingerprint density at radius 3 is 2.67 bits per heavy atom. The number of aromatic nitrogens is 1. The van der Waals surface area contributed by atoms with Crippen molar-refractivity contribution in [1.29, 1.82) is 0 Å². The van der Waals surface area contributed by atoms with Gasteiger partial charge in [0.25, 0.3) is 0 Å². The van der Waals surface area contributed by atoms with E-state index >= 15 is 0 Å². The van der Waals surface area contributed by atoms with E-state index in [2.05, 4.69) is 20.9 Å². The number of ether oxygens (including phenoxy) is 1. The quantitative estimate of drug-likeness (QED) is 0.781. The van der Waals surface area contributed by atoms with Crippen molar-refractivity contribution >= 4 is 21.7 Å². The number of phenols is 1. The molecule has 0 saturated carbocycles. The van der Waals surface area contributed by atoms with Crippen molar-refractivity contribution in [2.75, 3.05) is 0 Å². The van der Waals surface area contributed by atoms with E-state index in [-0.39, 0.29) is 11.5 Å². The summed E-state index contributed by atoms with van der Waals surface area (Å²) < 4.78 is 6.70. The maximum atomic E-state index is 11.7. The molecule has 0 unspecified atom stereocenters. The number of carbonyl (C=O) groups excluding carboxylic acids is 1. The minimum Gasteiger partial charge on any atom is -0.507 e. The van der Waals surface area contributed by atoms with Crippen LogP contribution in [-0.4, -0.2) is 15.9 Å². The summed E-state index contributed by atoms with van der Waals surface area (Å²) in [6, 6.07) is 5.60. The smallest absolute Gasteiger partial charge is 0.135 e. The highest BCUT2D eigenvalue weighted by Gasteiger charge is 2.26. The highest BCUT2D eigenvalue weighted by Crippen LogP contribution is 2.35. The molecule has 1 aromatic carbocycles. The molecule has 24 heavy (non-hydrogen) atoms. The molecular weight excluding hydrogens is 370 g/mol. The number of halogens is 1. The van der Waals surface area contributed by atoms with Gasteiger partial charge in [-0.1, -0.05) is 19.9 Å². The van der Waals surface area contributed by atoms with Gasteiger partial charge in [-0.25, -0.2) is 0 Å². The number of hydrogen-bond acceptors (Lipinski definition) is 4. The molecule has 0 fully saturated rings. The highest BCUT2D eigenvalue weighted by atomic mass is 79.9. The van der Waals surface area contributed by atoms with Crippen LogP contribution in [-0.2, 0) is 17.8 Å². The Hall–Kier alpha value is -1.88. The lowest BCUT2D eigenvalue weighted by Gasteiger charge is -2.22. The summed E-state index contributed by atoms with van der Waals surface area (Å²) in [7, 11) is 0. The van der Waals surface area contributed by atoms with Crippen LogP contribution in [0, 0.1) is 12.3 Å². The van der Waals surface area contributed by atoms with E-state index in [9.17, 15) is 9.90 Å². The Bertz CT molecular complexity index is 756. The van der Waals surface area contributed by atoms with Crippen molar-refractivity contribution in [3.8, 4) is 11.5 Å². The topological polar surface area (TPSA) is 59.4 Å². The molecule has 2 rings (SSSR count). The first-order chi connectivity index (χ1) is 11.2. The second kappa shape index (κ2) is 7.34. The number of hydrogen-bond donors (Lipinski definition) is 1. The van der Waals surface area contributed by atoms with Gasteiger partial charge in [0.2, 0.25) is 0 Å². The molecule has 0 spiro atoms. The molecule has 0 aliphatic heterocycles. The third kappa shape index (κ3) is 4.35. The van der Waals surface area contributed by atoms with Gasteiger partial charge in [-0.15, -0.1) is 0 Å². The van der Waals surface area contributed by atoms with Gasteiger partial charge in [-0.3, -0.25) is 9.78 Å². The standard InChI is InChI=1S/C19H22BrNO3/c1-12-17(24-11-14-7-16(20)10-21-9-14)6-5-15(18(12)23)8-19(3,4)13(2)22/h5-7,9-10,23H,8,11H2,1-4H3. The molecule has 0 saturated heterocycles. The van der Waals surface area contributed by atoms with Gasteiger partial charge < -0.3 is 9.84 Å². The largest absolute Gasteiger partial charge is 0.507 e. The van der Waals surface area contributed by atoms with Gasteiger partial charge in [0, 0.05) is 33.4 Å². The zero-order valence-corrected chi connectivity index (χ0v) is 16.0. The fraction of sp³-hybridized carbons (Fsp3) is 0.368. The summed E-state index contributed by atoms with van der Waals surface area (Å²) in [5, 5.41) is 10.5. The Kier molecular flexibility index (Phi) is 5.65. The average Bonchev–Trinajstić information content (AvgIpc) is 2.51. The summed E-state index contributed by atoms with van der Waals surface area (Å²) in [4.78, 5) is 15.8. The van der Waals surface area contributed by atoms with E-state index in [1.54, 1.807) is 19.3 Å². The second-order valence-corrected chi connectivity index (χ2v) is 7.53. The van der Waals surface area contributed by atoms with E-state index in [4.69, 9.17) is 4.74 Å². The van der Waals surface area contributed by atoms with Crippen LogP contribution in [0.5, 0.6) is 11.5 Å². The number of Topliss-reactive ketones (excluding diaryl/α,β-unsaturated/α-hetero) is 1. The number of carbonyl (C=O) groups is 1. The molecule has 5 heteroatoms. The zero-order valence-electron chi connectivity index (χ0n) is 14.4. The van der Waals surface area contributed by atoms with E-state index < -0.39 is 5.41 Å². The van der Waals surface area contributed by atoms with Crippen LogP contribution in [0.3, 0.4) is 0 Å². The van der Waals surface area contributed by atoms with Gasteiger partial charge in [0.05, 0.1) is 0 Å². The lowest BCUT2D eigenvalue weighted by molar-refractivity contribution is -0.124. The van der Waals surface area contributed by atoms with Crippen LogP contribution >= 0.6 is 15.9 Å². The first-order valence-corrected chi connectivity index (χ1v) is 8.54. The Labute approximate surface area is 151 Å². The lowest BCUT2D eigenvalue weighted by Crippen LogP contribution is -2.24. The lowest BCUT2D eigenvalue weighted by atomic mass is 9.82. The normalized spacial score (nSPS) is 11.4. The van der Waals surface area contributed by atoms with Crippen molar-refractivity contribution < 1.29 is 14.6 Å². The third-order valence-electron chi connectivity index (χ3n) is 4.21. The number of nitrogens with zero attached hydrogens (tertiary/aromatic N) is 1. The Morgan fingerprint density at radius 2 is 2.04 bits per heavy atom. The van der Waals surface area contributed by atoms with E-state index in [1.807, 2.05) is 39.0 Å². The minimum absolute atomic E-state index is 0.0991. The monoisotopic (exact) mass is 391 g/mol. The van der Waals surface area contributed by atoms with Crippen LogP contribution in [0.1, 0.15) is 37.5 Å². The molecule has 4 nitrogen and oxygen atoms in total. The Morgan fingerprint density at radius 1 is 1.33 bits per heavy atom. The molecule has 0 bridgehead atoms. The van der Waals surface area contributed by atoms with Gasteiger partial charge >= 0.3 is 0 Å². The Balaban J connectivity index is 2.16. The highest BCUT2D eigenvalue weighted by molar-refractivity contribution is 9.10. The van der Waals surface area contributed by atoms with Crippen LogP contribution < -0.4 is 4.74 Å². The van der Waals surface area contributed by atoms with Gasteiger partial charge in [-0.05, 0) is 53.9 Å². The van der Waals surface area contributed by atoms with E-state index in [1.165, 1.54) is 0 Å². The number of rotatable bonds is 6. The summed E-state index contributed by atoms with van der Waals surface area (Å²) in [6.07, 6.45) is 3.95. The van der Waals surface area contributed by atoms with E-state index in [0.29, 0.717) is 24.3 Å². The first kappa shape index (κ1) is 18.5. The summed E-state index contributed by atoms with van der Waals surface area (Å²) in [5.74, 6) is 0.910. The molecule has 0 atom stereocenters. The molecule has 2 aromatic rings. The predicted molar refractivity (Wildman–Crippen MR) is 97.3 cm³/mol. The maximum Gasteiger partial charge on any atom is 0.135 e. The molecule has 0 amide bonds. The van der Waals surface area contributed by atoms with Crippen molar-refractivity contribution in [3.05, 3.63) is 51.8 Å². The van der Waals surface area contributed by atoms with E-state index in [0.717, 1.165) is 15.6 Å². The maximum absolute atomic E-state index is 11.7.